The van der Waals surface area contributed by atoms with Crippen molar-refractivity contribution in [3.8, 4) is 17.1 Å². The first-order valence-corrected chi connectivity index (χ1v) is 11.6. The number of aromatic nitrogens is 2. The summed E-state index contributed by atoms with van der Waals surface area (Å²) < 4.78 is 30.9. The first-order chi connectivity index (χ1) is 16.5. The Kier molecular flexibility index (Phi) is 6.30. The highest BCUT2D eigenvalue weighted by Gasteiger charge is 2.35. The zero-order chi connectivity index (χ0) is 23.7. The number of halogens is 1. The van der Waals surface area contributed by atoms with Crippen LogP contribution in [-0.4, -0.2) is 46.5 Å². The average Bonchev–Trinajstić information content (AvgIpc) is 3.54. The SMILES string of the molecule is COc1ccc(-c2noc(C3=C(C)N(CC4CCCO4)C(=S)NC3c3cccc(F)c3)n2)cc1. The third kappa shape index (κ3) is 4.41. The number of hydrogen-bond acceptors (Lipinski definition) is 6. The van der Waals surface area contributed by atoms with Crippen LogP contribution in [0.25, 0.3) is 17.0 Å². The largest absolute Gasteiger partial charge is 0.497 e. The van der Waals surface area contributed by atoms with Gasteiger partial charge in [0.1, 0.15) is 11.6 Å². The molecule has 1 saturated heterocycles. The van der Waals surface area contributed by atoms with E-state index >= 15 is 0 Å². The first-order valence-electron chi connectivity index (χ1n) is 11.2. The van der Waals surface area contributed by atoms with Gasteiger partial charge < -0.3 is 24.2 Å². The maximum Gasteiger partial charge on any atom is 0.258 e. The van der Waals surface area contributed by atoms with Crippen molar-refractivity contribution in [1.82, 2.24) is 20.4 Å². The highest BCUT2D eigenvalue weighted by molar-refractivity contribution is 7.80. The molecule has 1 N–H and O–H groups in total. The van der Waals surface area contributed by atoms with Crippen molar-refractivity contribution in [3.63, 3.8) is 0 Å². The zero-order valence-electron chi connectivity index (χ0n) is 19.0. The summed E-state index contributed by atoms with van der Waals surface area (Å²) in [4.78, 5) is 6.70. The normalized spacial score (nSPS) is 20.6. The molecule has 2 aliphatic rings. The van der Waals surface area contributed by atoms with Crippen LogP contribution in [0.1, 0.15) is 37.3 Å². The zero-order valence-corrected chi connectivity index (χ0v) is 19.8. The van der Waals surface area contributed by atoms with Crippen LogP contribution in [0.15, 0.2) is 58.8 Å². The molecular formula is C25H25FN4O3S. The molecule has 0 bridgehead atoms. The second-order valence-electron chi connectivity index (χ2n) is 8.33. The van der Waals surface area contributed by atoms with Gasteiger partial charge in [-0.25, -0.2) is 4.39 Å². The van der Waals surface area contributed by atoms with Crippen molar-refractivity contribution in [3.05, 3.63) is 71.5 Å². The number of allylic oxidation sites excluding steroid dienone is 1. The number of methoxy groups -OCH3 is 1. The van der Waals surface area contributed by atoms with Crippen LogP contribution in [0.5, 0.6) is 5.75 Å². The van der Waals surface area contributed by atoms with Gasteiger partial charge in [-0.2, -0.15) is 4.98 Å². The van der Waals surface area contributed by atoms with Crippen LogP contribution >= 0.6 is 12.2 Å². The number of ether oxygens (including phenoxy) is 2. The summed E-state index contributed by atoms with van der Waals surface area (Å²) in [5.41, 5.74) is 3.15. The quantitative estimate of drug-likeness (QED) is 0.508. The Bertz CT molecular complexity index is 1220. The molecule has 1 aromatic heterocycles. The summed E-state index contributed by atoms with van der Waals surface area (Å²) in [6.45, 7) is 3.35. The van der Waals surface area contributed by atoms with E-state index in [4.69, 9.17) is 26.2 Å². The van der Waals surface area contributed by atoms with E-state index in [-0.39, 0.29) is 11.9 Å². The maximum atomic E-state index is 14.1. The molecule has 0 aliphatic carbocycles. The minimum absolute atomic E-state index is 0.0965. The van der Waals surface area contributed by atoms with E-state index < -0.39 is 6.04 Å². The summed E-state index contributed by atoms with van der Waals surface area (Å²) >= 11 is 5.71. The van der Waals surface area contributed by atoms with Crippen molar-refractivity contribution < 1.29 is 18.4 Å². The van der Waals surface area contributed by atoms with Crippen LogP contribution in [-0.2, 0) is 4.74 Å². The van der Waals surface area contributed by atoms with E-state index in [9.17, 15) is 4.39 Å². The fourth-order valence-electron chi connectivity index (χ4n) is 4.40. The maximum absolute atomic E-state index is 14.1. The van der Waals surface area contributed by atoms with E-state index in [0.29, 0.717) is 23.4 Å². The lowest BCUT2D eigenvalue weighted by molar-refractivity contribution is 0.0962. The minimum atomic E-state index is -0.437. The van der Waals surface area contributed by atoms with Crippen LogP contribution in [0, 0.1) is 5.82 Å². The van der Waals surface area contributed by atoms with Crippen molar-refractivity contribution in [2.45, 2.75) is 31.9 Å². The second kappa shape index (κ2) is 9.52. The van der Waals surface area contributed by atoms with Crippen LogP contribution < -0.4 is 10.1 Å². The monoisotopic (exact) mass is 480 g/mol. The Morgan fingerprint density at radius 3 is 2.76 bits per heavy atom. The lowest BCUT2D eigenvalue weighted by atomic mass is 9.94. The topological polar surface area (TPSA) is 72.7 Å². The standard InChI is InChI=1S/C25H25FN4O3S/c1-15-21(24-28-23(29-33-24)16-8-10-19(31-2)11-9-16)22(17-5-3-6-18(26)13-17)27-25(34)30(15)14-20-7-4-12-32-20/h3,5-6,8-11,13,20,22H,4,7,12,14H2,1-2H3,(H,27,34). The molecule has 2 unspecified atom stereocenters. The van der Waals surface area contributed by atoms with Crippen molar-refractivity contribution in [1.29, 1.82) is 0 Å². The van der Waals surface area contributed by atoms with E-state index in [2.05, 4.69) is 15.5 Å². The number of nitrogens with one attached hydrogen (secondary N) is 1. The van der Waals surface area contributed by atoms with Gasteiger partial charge in [0.15, 0.2) is 5.11 Å². The van der Waals surface area contributed by atoms with Gasteiger partial charge in [0.05, 0.1) is 31.4 Å². The smallest absolute Gasteiger partial charge is 0.258 e. The fraction of sp³-hybridized carbons (Fsp3) is 0.320. The van der Waals surface area contributed by atoms with Gasteiger partial charge in [0.2, 0.25) is 5.82 Å². The third-order valence-corrected chi connectivity index (χ3v) is 6.53. The molecule has 176 valence electrons. The molecule has 0 amide bonds. The highest BCUT2D eigenvalue weighted by Crippen LogP contribution is 2.38. The Morgan fingerprint density at radius 2 is 2.06 bits per heavy atom. The second-order valence-corrected chi connectivity index (χ2v) is 8.72. The van der Waals surface area contributed by atoms with Crippen LogP contribution in [0.4, 0.5) is 4.39 Å². The molecule has 2 atom stereocenters. The molecule has 7 nitrogen and oxygen atoms in total. The van der Waals surface area contributed by atoms with Gasteiger partial charge in [-0.15, -0.1) is 0 Å². The lowest BCUT2D eigenvalue weighted by Crippen LogP contribution is -2.48. The highest BCUT2D eigenvalue weighted by atomic mass is 32.1. The number of hydrogen-bond donors (Lipinski definition) is 1. The molecule has 9 heteroatoms. The Morgan fingerprint density at radius 1 is 1.24 bits per heavy atom. The molecule has 0 saturated carbocycles. The average molecular weight is 481 g/mol. The lowest BCUT2D eigenvalue weighted by Gasteiger charge is -2.38. The van der Waals surface area contributed by atoms with Crippen molar-refractivity contribution >= 4 is 22.9 Å². The van der Waals surface area contributed by atoms with Crippen molar-refractivity contribution in [2.24, 2.45) is 0 Å². The predicted octanol–water partition coefficient (Wildman–Crippen LogP) is 4.73. The molecule has 3 heterocycles. The van der Waals surface area contributed by atoms with Gasteiger partial charge in [0, 0.05) is 17.9 Å². The number of nitrogens with zero attached hydrogens (tertiary/aromatic N) is 3. The molecule has 0 spiro atoms. The Hall–Kier alpha value is -3.30. The molecule has 2 aromatic carbocycles. The van der Waals surface area contributed by atoms with E-state index in [1.54, 1.807) is 13.2 Å². The Labute approximate surface area is 202 Å². The van der Waals surface area contributed by atoms with Crippen LogP contribution in [0.2, 0.25) is 0 Å². The number of benzene rings is 2. The van der Waals surface area contributed by atoms with Gasteiger partial charge >= 0.3 is 0 Å². The van der Waals surface area contributed by atoms with E-state index in [1.807, 2.05) is 42.2 Å². The van der Waals surface area contributed by atoms with Crippen molar-refractivity contribution in [2.75, 3.05) is 20.3 Å². The first kappa shape index (κ1) is 22.5. The molecule has 5 rings (SSSR count). The molecule has 0 radical (unpaired) electrons. The molecule has 2 aliphatic heterocycles. The summed E-state index contributed by atoms with van der Waals surface area (Å²) in [5.74, 6) is 1.22. The van der Waals surface area contributed by atoms with E-state index in [1.165, 1.54) is 12.1 Å². The molecular weight excluding hydrogens is 455 g/mol. The molecule has 1 fully saturated rings. The third-order valence-electron chi connectivity index (χ3n) is 6.19. The fourth-order valence-corrected chi connectivity index (χ4v) is 4.73. The minimum Gasteiger partial charge on any atom is -0.497 e. The van der Waals surface area contributed by atoms with Gasteiger partial charge in [-0.3, -0.25) is 0 Å². The summed E-state index contributed by atoms with van der Waals surface area (Å²) in [5, 5.41) is 8.12. The van der Waals surface area contributed by atoms with Gasteiger partial charge in [-0.1, -0.05) is 17.3 Å². The number of thiocarbonyl (C=S) groups is 1. The van der Waals surface area contributed by atoms with Gasteiger partial charge in [0.25, 0.3) is 5.89 Å². The van der Waals surface area contributed by atoms with Gasteiger partial charge in [-0.05, 0) is 73.9 Å². The summed E-state index contributed by atoms with van der Waals surface area (Å²) in [6.07, 6.45) is 2.12. The molecule has 3 aromatic rings. The van der Waals surface area contributed by atoms with Crippen LogP contribution in [0.3, 0.4) is 0 Å². The predicted molar refractivity (Wildman–Crippen MR) is 129 cm³/mol. The van der Waals surface area contributed by atoms with E-state index in [0.717, 1.165) is 47.6 Å². The summed E-state index contributed by atoms with van der Waals surface area (Å²) in [6, 6.07) is 13.4. The Balaban J connectivity index is 1.55. The summed E-state index contributed by atoms with van der Waals surface area (Å²) in [7, 11) is 1.62. The molecule has 34 heavy (non-hydrogen) atoms. The number of rotatable bonds is 6.